The van der Waals surface area contributed by atoms with Crippen LogP contribution in [0.2, 0.25) is 0 Å². The molecule has 2 amide bonds. The molecule has 2 rings (SSSR count). The highest BCUT2D eigenvalue weighted by atomic mass is 127. The molecule has 0 aliphatic carbocycles. The normalized spacial score (nSPS) is 23.7. The van der Waals surface area contributed by atoms with Gasteiger partial charge in [0.25, 0.3) is 0 Å². The monoisotopic (exact) mass is 616 g/mol. The third-order valence-electron chi connectivity index (χ3n) is 5.63. The summed E-state index contributed by atoms with van der Waals surface area (Å²) < 4.78 is 16.9. The van der Waals surface area contributed by atoms with Gasteiger partial charge in [-0.1, -0.05) is 29.0 Å². The van der Waals surface area contributed by atoms with E-state index in [9.17, 15) is 14.7 Å². The van der Waals surface area contributed by atoms with Crippen molar-refractivity contribution in [1.82, 2.24) is 21.3 Å². The third kappa shape index (κ3) is 13.2. The number of hydrogen-bond donors (Lipinski definition) is 5. The Hall–Kier alpha value is -0.220. The van der Waals surface area contributed by atoms with Crippen LogP contribution in [0.4, 0.5) is 0 Å². The average molecular weight is 617 g/mol. The van der Waals surface area contributed by atoms with E-state index in [1.54, 1.807) is 0 Å². The van der Waals surface area contributed by atoms with Crippen LogP contribution < -0.4 is 21.3 Å². The molecule has 0 aromatic heterocycles. The number of aliphatic hydroxyl groups excluding tert-OH is 1. The van der Waals surface area contributed by atoms with Crippen molar-refractivity contribution in [3.8, 4) is 0 Å². The minimum atomic E-state index is -0.580. The summed E-state index contributed by atoms with van der Waals surface area (Å²) in [7, 11) is 0. The topological polar surface area (TPSA) is 130 Å². The number of rotatable bonds is 20. The van der Waals surface area contributed by atoms with Crippen molar-refractivity contribution < 1.29 is 28.9 Å². The van der Waals surface area contributed by atoms with Crippen LogP contribution in [0.15, 0.2) is 0 Å². The van der Waals surface area contributed by atoms with Crippen molar-refractivity contribution in [2.45, 2.75) is 62.2 Å². The average Bonchev–Trinajstić information content (AvgIpc) is 3.38. The first-order valence-electron chi connectivity index (χ1n) is 12.2. The second-order valence-corrected chi connectivity index (χ2v) is 10.4. The van der Waals surface area contributed by atoms with E-state index in [1.807, 2.05) is 34.4 Å². The first-order valence-corrected chi connectivity index (χ1v) is 14.8. The highest BCUT2D eigenvalue weighted by Crippen LogP contribution is 2.33. The number of alkyl halides is 1. The molecule has 4 atom stereocenters. The van der Waals surface area contributed by atoms with Gasteiger partial charge in [0.1, 0.15) is 0 Å². The van der Waals surface area contributed by atoms with Gasteiger partial charge in [-0.3, -0.25) is 20.2 Å². The Kier molecular flexibility index (Phi) is 16.7. The number of amides is 2. The summed E-state index contributed by atoms with van der Waals surface area (Å²) in [4.78, 5) is 23.0. The first-order chi connectivity index (χ1) is 16.6. The number of fused-ring (bicyclic) bond motifs is 1. The lowest BCUT2D eigenvalue weighted by molar-refractivity contribution is -0.121. The predicted octanol–water partition coefficient (Wildman–Crippen LogP) is 0.366. The maximum absolute atomic E-state index is 12.0. The third-order valence-corrected chi connectivity index (χ3v) is 7.83. The van der Waals surface area contributed by atoms with Crippen LogP contribution in [0.5, 0.6) is 0 Å². The van der Waals surface area contributed by atoms with Crippen LogP contribution in [0, 0.1) is 0 Å². The van der Waals surface area contributed by atoms with Gasteiger partial charge in [0, 0.05) is 55.8 Å². The van der Waals surface area contributed by atoms with Crippen LogP contribution in [-0.2, 0) is 23.8 Å². The summed E-state index contributed by atoms with van der Waals surface area (Å²) in [6, 6.07) is 0.697. The molecule has 12 heteroatoms. The fourth-order valence-corrected chi connectivity index (χ4v) is 5.71. The predicted molar refractivity (Wildman–Crippen MR) is 141 cm³/mol. The van der Waals surface area contributed by atoms with Gasteiger partial charge in [-0.15, -0.1) is 0 Å². The molecular formula is C22H41IN4O6S. The fraction of sp³-hybridized carbons (Fsp3) is 0.909. The summed E-state index contributed by atoms with van der Waals surface area (Å²) >= 11 is 3.99. The second-order valence-electron chi connectivity index (χ2n) is 8.36. The van der Waals surface area contributed by atoms with Crippen LogP contribution in [0.3, 0.4) is 0 Å². The zero-order valence-corrected chi connectivity index (χ0v) is 22.9. The largest absolute Gasteiger partial charge is 0.379 e. The van der Waals surface area contributed by atoms with E-state index in [0.29, 0.717) is 80.9 Å². The Morgan fingerprint density at radius 2 is 1.50 bits per heavy atom. The molecule has 2 aliphatic rings. The molecule has 2 aliphatic heterocycles. The van der Waals surface area contributed by atoms with Crippen molar-refractivity contribution in [1.29, 1.82) is 0 Å². The van der Waals surface area contributed by atoms with Crippen molar-refractivity contribution in [3.63, 3.8) is 0 Å². The Bertz CT molecular complexity index is 580. The summed E-state index contributed by atoms with van der Waals surface area (Å²) in [6.45, 7) is 4.57. The number of halogens is 1. The van der Waals surface area contributed by atoms with Crippen molar-refractivity contribution in [2.75, 3.05) is 62.9 Å². The van der Waals surface area contributed by atoms with Gasteiger partial charge in [0.05, 0.1) is 30.9 Å². The van der Waals surface area contributed by atoms with Crippen LogP contribution in [0.25, 0.3) is 0 Å². The lowest BCUT2D eigenvalue weighted by Gasteiger charge is -2.17. The van der Waals surface area contributed by atoms with E-state index in [0.717, 1.165) is 37.9 Å². The van der Waals surface area contributed by atoms with Crippen molar-refractivity contribution >= 4 is 46.2 Å². The Balaban J connectivity index is 1.27. The Labute approximate surface area is 220 Å². The summed E-state index contributed by atoms with van der Waals surface area (Å²) in [5, 5.41) is 22.2. The lowest BCUT2D eigenvalue weighted by Crippen LogP contribution is -2.38. The molecule has 0 aromatic rings. The van der Waals surface area contributed by atoms with Gasteiger partial charge in [0.2, 0.25) is 11.8 Å². The zero-order chi connectivity index (χ0) is 24.4. The molecule has 0 bridgehead atoms. The number of thioether (sulfide) groups is 1. The number of nitrogens with one attached hydrogen (secondary N) is 4. The van der Waals surface area contributed by atoms with Gasteiger partial charge in [-0.25, -0.2) is 0 Å². The highest BCUT2D eigenvalue weighted by molar-refractivity contribution is 14.1. The van der Waals surface area contributed by atoms with Crippen molar-refractivity contribution in [3.05, 3.63) is 0 Å². The zero-order valence-electron chi connectivity index (χ0n) is 19.9. The smallest absolute Gasteiger partial charge is 0.229 e. The van der Waals surface area contributed by atoms with Crippen LogP contribution >= 0.6 is 34.4 Å². The Morgan fingerprint density at radius 1 is 0.882 bits per heavy atom. The van der Waals surface area contributed by atoms with E-state index >= 15 is 0 Å². The minimum Gasteiger partial charge on any atom is -0.379 e. The number of hydrogen-bond acceptors (Lipinski definition) is 9. The molecular weight excluding hydrogens is 575 g/mol. The molecule has 5 N–H and O–H groups in total. The van der Waals surface area contributed by atoms with E-state index in [1.165, 1.54) is 0 Å². The Morgan fingerprint density at radius 3 is 2.15 bits per heavy atom. The fourth-order valence-electron chi connectivity index (χ4n) is 3.88. The lowest BCUT2D eigenvalue weighted by atomic mass is 10.0. The van der Waals surface area contributed by atoms with Gasteiger partial charge in [-0.2, -0.15) is 11.8 Å². The summed E-state index contributed by atoms with van der Waals surface area (Å²) in [6.07, 6.45) is 4.55. The highest BCUT2D eigenvalue weighted by Gasteiger charge is 2.42. The first kappa shape index (κ1) is 30.0. The van der Waals surface area contributed by atoms with Gasteiger partial charge in [-0.05, 0) is 25.7 Å². The van der Waals surface area contributed by atoms with Crippen molar-refractivity contribution in [2.24, 2.45) is 0 Å². The molecule has 2 saturated heterocycles. The maximum Gasteiger partial charge on any atom is 0.229 e. The van der Waals surface area contributed by atoms with Gasteiger partial charge < -0.3 is 30.0 Å². The molecule has 34 heavy (non-hydrogen) atoms. The summed E-state index contributed by atoms with van der Waals surface area (Å²) in [5.74, 6) is 1.19. The molecule has 0 saturated carbocycles. The number of ether oxygens (including phenoxy) is 3. The molecule has 2 heterocycles. The number of carbonyl (C=O) groups excluding carboxylic acids is 2. The molecule has 0 spiro atoms. The van der Waals surface area contributed by atoms with Crippen LogP contribution in [0.1, 0.15) is 38.5 Å². The molecule has 2 fully saturated rings. The number of carbonyl (C=O) groups is 2. The molecule has 198 valence electrons. The molecule has 10 nitrogen and oxygen atoms in total. The second kappa shape index (κ2) is 19.0. The maximum atomic E-state index is 12.0. The van der Waals surface area contributed by atoms with Gasteiger partial charge >= 0.3 is 0 Å². The standard InChI is InChI=1S/C22H41IN4O6S/c23-15-20(29)25-8-4-10-32-12-14-33-13-11-31-9-3-7-24-19(28)6-2-1-5-18-21-17(16-34-18)26-22(30)27-21/h17-18,21-22,26-27,30H,1-16H2,(H,24,28)(H,25,29). The number of unbranched alkanes of at least 4 members (excludes halogenated alkanes) is 1. The van der Waals surface area contributed by atoms with E-state index in [-0.39, 0.29) is 11.8 Å². The number of aliphatic hydroxyl groups is 1. The van der Waals surface area contributed by atoms with E-state index in [2.05, 4.69) is 21.3 Å². The van der Waals surface area contributed by atoms with Crippen LogP contribution in [-0.4, -0.2) is 104 Å². The molecule has 4 unspecified atom stereocenters. The SMILES string of the molecule is O=C(CI)NCCCOCCOCCOCCCNC(=O)CCCCC1SCC2NC(O)NC21. The molecule has 0 aromatic carbocycles. The minimum absolute atomic E-state index is 0.0525. The molecule has 0 radical (unpaired) electrons. The summed E-state index contributed by atoms with van der Waals surface area (Å²) in [5.41, 5.74) is 0. The van der Waals surface area contributed by atoms with Gasteiger partial charge in [0.15, 0.2) is 6.35 Å². The van der Waals surface area contributed by atoms with E-state index < -0.39 is 6.35 Å². The van der Waals surface area contributed by atoms with E-state index in [4.69, 9.17) is 14.2 Å². The quantitative estimate of drug-likeness (QED) is 0.0749.